The first-order chi connectivity index (χ1) is 11.7. The van der Waals surface area contributed by atoms with Gasteiger partial charge in [-0.05, 0) is 25.0 Å². The Hall–Kier alpha value is -2.15. The number of aromatic nitrogens is 3. The van der Waals surface area contributed by atoms with Gasteiger partial charge in [0, 0.05) is 39.0 Å². The molecular formula is C17H23N5O2. The number of likely N-dealkylation sites (tertiary alicyclic amines) is 1. The van der Waals surface area contributed by atoms with E-state index in [-0.39, 0.29) is 11.8 Å². The predicted octanol–water partition coefficient (Wildman–Crippen LogP) is 1.29. The minimum atomic E-state index is 0.137. The molecule has 128 valence electrons. The first-order valence-corrected chi connectivity index (χ1v) is 8.65. The van der Waals surface area contributed by atoms with Crippen LogP contribution in [0.25, 0.3) is 5.65 Å². The van der Waals surface area contributed by atoms with E-state index < -0.39 is 0 Å². The van der Waals surface area contributed by atoms with E-state index in [4.69, 9.17) is 9.84 Å². The summed E-state index contributed by atoms with van der Waals surface area (Å²) in [6, 6.07) is 4.12. The van der Waals surface area contributed by atoms with Crippen molar-refractivity contribution in [3.05, 3.63) is 24.2 Å². The lowest BCUT2D eigenvalue weighted by Crippen LogP contribution is -2.37. The third-order valence-electron chi connectivity index (χ3n) is 4.94. The van der Waals surface area contributed by atoms with Crippen LogP contribution in [0.15, 0.2) is 18.3 Å². The Bertz CT molecular complexity index is 738. The fourth-order valence-corrected chi connectivity index (χ4v) is 3.54. The highest BCUT2D eigenvalue weighted by atomic mass is 16.5. The van der Waals surface area contributed by atoms with Crippen LogP contribution >= 0.6 is 0 Å². The number of hydrogen-bond donors (Lipinski definition) is 0. The third kappa shape index (κ3) is 2.96. The van der Waals surface area contributed by atoms with E-state index in [0.717, 1.165) is 69.4 Å². The second-order valence-electron chi connectivity index (χ2n) is 6.56. The molecule has 2 aromatic rings. The van der Waals surface area contributed by atoms with Gasteiger partial charge >= 0.3 is 0 Å². The molecule has 7 nitrogen and oxygen atoms in total. The molecule has 0 saturated carbocycles. The summed E-state index contributed by atoms with van der Waals surface area (Å²) in [5.74, 6) is 1.22. The molecule has 24 heavy (non-hydrogen) atoms. The number of fused-ring (bicyclic) bond motifs is 1. The number of carbonyl (C=O) groups is 1. The molecule has 2 fully saturated rings. The molecule has 2 aliphatic rings. The summed E-state index contributed by atoms with van der Waals surface area (Å²) in [6.45, 7) is 6.55. The second kappa shape index (κ2) is 6.39. The number of hydrogen-bond acceptors (Lipinski definition) is 5. The lowest BCUT2D eigenvalue weighted by atomic mass is 9.97. The summed E-state index contributed by atoms with van der Waals surface area (Å²) in [5.41, 5.74) is 2.01. The molecule has 0 spiro atoms. The molecule has 1 unspecified atom stereocenters. The maximum absolute atomic E-state index is 11.6. The fraction of sp³-hybridized carbons (Fsp3) is 0.588. The molecular weight excluding hydrogens is 306 g/mol. The molecule has 1 atom stereocenters. The van der Waals surface area contributed by atoms with Gasteiger partial charge in [0.05, 0.1) is 25.1 Å². The molecule has 4 rings (SSSR count). The Balaban J connectivity index is 1.57. The predicted molar refractivity (Wildman–Crippen MR) is 90.2 cm³/mol. The minimum absolute atomic E-state index is 0.137. The molecule has 1 amide bonds. The Morgan fingerprint density at radius 1 is 1.25 bits per heavy atom. The summed E-state index contributed by atoms with van der Waals surface area (Å²) in [5, 5.41) is 4.70. The molecule has 0 radical (unpaired) electrons. The maximum atomic E-state index is 11.6. The van der Waals surface area contributed by atoms with Gasteiger partial charge in [0.1, 0.15) is 0 Å². The van der Waals surface area contributed by atoms with Crippen molar-refractivity contribution in [2.24, 2.45) is 0 Å². The van der Waals surface area contributed by atoms with Gasteiger partial charge < -0.3 is 14.5 Å². The van der Waals surface area contributed by atoms with E-state index in [2.05, 4.69) is 16.0 Å². The van der Waals surface area contributed by atoms with Crippen LogP contribution in [0.3, 0.4) is 0 Å². The molecule has 0 aliphatic carbocycles. The van der Waals surface area contributed by atoms with Gasteiger partial charge in [0.25, 0.3) is 0 Å². The van der Waals surface area contributed by atoms with Crippen LogP contribution in [0, 0.1) is 0 Å². The van der Waals surface area contributed by atoms with Gasteiger partial charge in [-0.2, -0.15) is 5.10 Å². The number of piperidine rings is 1. The van der Waals surface area contributed by atoms with Crippen molar-refractivity contribution in [2.75, 3.05) is 44.3 Å². The van der Waals surface area contributed by atoms with Gasteiger partial charge in [-0.15, -0.1) is 0 Å². The third-order valence-corrected chi connectivity index (χ3v) is 4.94. The zero-order chi connectivity index (χ0) is 16.5. The van der Waals surface area contributed by atoms with E-state index in [0.29, 0.717) is 0 Å². The van der Waals surface area contributed by atoms with E-state index >= 15 is 0 Å². The number of carbonyl (C=O) groups excluding carboxylic acids is 1. The SMILES string of the molecule is CC(=O)N1CCCC(c2nc3ccc(N4CCOCC4)cn3n2)C1. The Labute approximate surface area is 141 Å². The molecule has 0 aromatic carbocycles. The van der Waals surface area contributed by atoms with Crippen LogP contribution in [0.1, 0.15) is 31.5 Å². The summed E-state index contributed by atoms with van der Waals surface area (Å²) in [7, 11) is 0. The van der Waals surface area contributed by atoms with E-state index in [1.54, 1.807) is 6.92 Å². The van der Waals surface area contributed by atoms with Crippen LogP contribution in [0.5, 0.6) is 0 Å². The fourth-order valence-electron chi connectivity index (χ4n) is 3.54. The number of rotatable bonds is 2. The first-order valence-electron chi connectivity index (χ1n) is 8.65. The average Bonchev–Trinajstić information content (AvgIpc) is 3.06. The molecule has 2 saturated heterocycles. The van der Waals surface area contributed by atoms with Gasteiger partial charge in [-0.3, -0.25) is 4.79 Å². The smallest absolute Gasteiger partial charge is 0.219 e. The number of morpholine rings is 1. The van der Waals surface area contributed by atoms with Gasteiger partial charge in [-0.1, -0.05) is 0 Å². The number of anilines is 1. The van der Waals surface area contributed by atoms with Crippen molar-refractivity contribution >= 4 is 17.2 Å². The van der Waals surface area contributed by atoms with Crippen molar-refractivity contribution in [3.63, 3.8) is 0 Å². The normalized spacial score (nSPS) is 22.1. The van der Waals surface area contributed by atoms with E-state index in [1.807, 2.05) is 21.7 Å². The number of amides is 1. The highest BCUT2D eigenvalue weighted by Gasteiger charge is 2.26. The molecule has 7 heteroatoms. The monoisotopic (exact) mass is 329 g/mol. The first kappa shape index (κ1) is 15.4. The van der Waals surface area contributed by atoms with Crippen LogP contribution < -0.4 is 4.90 Å². The summed E-state index contributed by atoms with van der Waals surface area (Å²) in [4.78, 5) is 20.5. The van der Waals surface area contributed by atoms with Crippen molar-refractivity contribution in [3.8, 4) is 0 Å². The lowest BCUT2D eigenvalue weighted by Gasteiger charge is -2.30. The highest BCUT2D eigenvalue weighted by Crippen LogP contribution is 2.26. The number of nitrogens with zero attached hydrogens (tertiary/aromatic N) is 5. The van der Waals surface area contributed by atoms with Crippen LogP contribution in [-0.4, -0.2) is 64.8 Å². The standard InChI is InChI=1S/C17H23N5O2/c1-13(23)21-6-2-3-14(11-21)17-18-16-5-4-15(12-22(16)19-17)20-7-9-24-10-8-20/h4-5,12,14H,2-3,6-11H2,1H3. The number of ether oxygens (including phenoxy) is 1. The van der Waals surface area contributed by atoms with Crippen molar-refractivity contribution in [1.82, 2.24) is 19.5 Å². The topological polar surface area (TPSA) is 63.0 Å². The van der Waals surface area contributed by atoms with Gasteiger partial charge in [-0.25, -0.2) is 9.50 Å². The molecule has 2 aliphatic heterocycles. The highest BCUT2D eigenvalue weighted by molar-refractivity contribution is 5.73. The van der Waals surface area contributed by atoms with Crippen LogP contribution in [0.4, 0.5) is 5.69 Å². The minimum Gasteiger partial charge on any atom is -0.378 e. The van der Waals surface area contributed by atoms with Crippen LogP contribution in [0.2, 0.25) is 0 Å². The molecule has 2 aromatic heterocycles. The van der Waals surface area contributed by atoms with Crippen molar-refractivity contribution < 1.29 is 9.53 Å². The Morgan fingerprint density at radius 2 is 2.08 bits per heavy atom. The van der Waals surface area contributed by atoms with E-state index in [1.165, 1.54) is 0 Å². The van der Waals surface area contributed by atoms with Crippen molar-refractivity contribution in [1.29, 1.82) is 0 Å². The largest absolute Gasteiger partial charge is 0.378 e. The average molecular weight is 329 g/mol. The zero-order valence-corrected chi connectivity index (χ0v) is 14.0. The number of pyridine rings is 1. The van der Waals surface area contributed by atoms with Crippen molar-refractivity contribution in [2.45, 2.75) is 25.7 Å². The summed E-state index contributed by atoms with van der Waals surface area (Å²) < 4.78 is 7.28. The Morgan fingerprint density at radius 3 is 2.88 bits per heavy atom. The van der Waals surface area contributed by atoms with Crippen LogP contribution in [-0.2, 0) is 9.53 Å². The lowest BCUT2D eigenvalue weighted by molar-refractivity contribution is -0.130. The Kier molecular flexibility index (Phi) is 4.10. The molecule has 0 N–H and O–H groups in total. The summed E-state index contributed by atoms with van der Waals surface area (Å²) in [6.07, 6.45) is 4.10. The maximum Gasteiger partial charge on any atom is 0.219 e. The van der Waals surface area contributed by atoms with Gasteiger partial charge in [0.15, 0.2) is 11.5 Å². The summed E-state index contributed by atoms with van der Waals surface area (Å²) >= 11 is 0. The quantitative estimate of drug-likeness (QED) is 0.831. The van der Waals surface area contributed by atoms with Gasteiger partial charge in [0.2, 0.25) is 5.91 Å². The van der Waals surface area contributed by atoms with E-state index in [9.17, 15) is 4.79 Å². The zero-order valence-electron chi connectivity index (χ0n) is 14.0. The molecule has 4 heterocycles. The molecule has 0 bridgehead atoms. The second-order valence-corrected chi connectivity index (χ2v) is 6.56.